The van der Waals surface area contributed by atoms with Gasteiger partial charge in [-0.1, -0.05) is 11.6 Å². The monoisotopic (exact) mass is 528 g/mol. The molecule has 1 amide bonds. The molecule has 3 rings (SSSR count). The van der Waals surface area contributed by atoms with Crippen LogP contribution in [0.15, 0.2) is 34.9 Å². The van der Waals surface area contributed by atoms with Gasteiger partial charge < -0.3 is 20.4 Å². The number of halogens is 1. The molecule has 1 fully saturated rings. The van der Waals surface area contributed by atoms with E-state index in [4.69, 9.17) is 18.2 Å². The van der Waals surface area contributed by atoms with Crippen LogP contribution in [0.1, 0.15) is 60.3 Å². The average Bonchev–Trinajstić information content (AvgIpc) is 3.35. The summed E-state index contributed by atoms with van der Waals surface area (Å²) >= 11 is 7.71. The molecular weight excluding hydrogens is 492 g/mol. The fourth-order valence-electron chi connectivity index (χ4n) is 4.89. The Kier molecular flexibility index (Phi) is 10.6. The van der Waals surface area contributed by atoms with Crippen molar-refractivity contribution in [3.8, 4) is 0 Å². The van der Waals surface area contributed by atoms with E-state index in [9.17, 15) is 4.79 Å². The normalized spacial score (nSPS) is 15.8. The summed E-state index contributed by atoms with van der Waals surface area (Å²) in [6.07, 6.45) is 4.58. The highest BCUT2D eigenvalue weighted by atomic mass is 35.5. The Morgan fingerprint density at radius 1 is 1.39 bits per heavy atom. The zero-order chi connectivity index (χ0) is 26.1. The lowest BCUT2D eigenvalue weighted by Gasteiger charge is -2.42. The number of thiophene rings is 1. The van der Waals surface area contributed by atoms with Crippen molar-refractivity contribution in [2.24, 2.45) is 0 Å². The first-order valence-electron chi connectivity index (χ1n) is 12.6. The summed E-state index contributed by atoms with van der Waals surface area (Å²) in [5.41, 5.74) is 3.39. The highest BCUT2D eigenvalue weighted by Crippen LogP contribution is 2.25. The average molecular weight is 529 g/mol. The van der Waals surface area contributed by atoms with Crippen LogP contribution in [0.4, 0.5) is 0 Å². The van der Waals surface area contributed by atoms with Crippen molar-refractivity contribution in [2.45, 2.75) is 65.6 Å². The zero-order valence-electron chi connectivity index (χ0n) is 21.7. The number of nitrogens with one attached hydrogen (secondary N) is 2. The molecule has 194 valence electrons. The van der Waals surface area contributed by atoms with E-state index in [-0.39, 0.29) is 5.91 Å². The number of nitrogens with zero attached hydrogens (tertiary/aromatic N) is 4. The van der Waals surface area contributed by atoms with Gasteiger partial charge in [0.25, 0.3) is 5.91 Å². The van der Waals surface area contributed by atoms with E-state index >= 15 is 0 Å². The van der Waals surface area contributed by atoms with Crippen molar-refractivity contribution >= 4 is 28.8 Å². The van der Waals surface area contributed by atoms with Crippen LogP contribution in [0.5, 0.6) is 0 Å². The van der Waals surface area contributed by atoms with Gasteiger partial charge in [-0.05, 0) is 81.0 Å². The topological polar surface area (TPSA) is 64.9 Å². The van der Waals surface area contributed by atoms with Gasteiger partial charge in [-0.3, -0.25) is 4.79 Å². The number of carbonyl (C=O) groups is 1. The van der Waals surface area contributed by atoms with Gasteiger partial charge in [-0.2, -0.15) is 11.3 Å². The maximum atomic E-state index is 12.7. The molecule has 2 aromatic rings. The number of aromatic nitrogens is 1. The molecular formula is C27H37ClN6OS. The Morgan fingerprint density at radius 2 is 2.14 bits per heavy atom. The third-order valence-corrected chi connectivity index (χ3v) is 7.72. The van der Waals surface area contributed by atoms with E-state index in [0.717, 1.165) is 56.8 Å². The van der Waals surface area contributed by atoms with E-state index in [0.29, 0.717) is 35.0 Å². The second kappa shape index (κ2) is 13.6. The molecule has 36 heavy (non-hydrogen) atoms. The van der Waals surface area contributed by atoms with Gasteiger partial charge in [0.15, 0.2) is 6.20 Å². The molecule has 0 spiro atoms. The molecule has 1 aliphatic heterocycles. The first kappa shape index (κ1) is 28.0. The van der Waals surface area contributed by atoms with Crippen LogP contribution >= 0.6 is 22.9 Å². The number of rotatable bonds is 11. The summed E-state index contributed by atoms with van der Waals surface area (Å²) in [6.45, 7) is 19.6. The van der Waals surface area contributed by atoms with Gasteiger partial charge in [0.1, 0.15) is 5.15 Å². The number of amides is 1. The maximum Gasteiger partial charge on any atom is 0.253 e. The lowest BCUT2D eigenvalue weighted by atomic mass is 10.00. The Hall–Kier alpha value is -2.60. The summed E-state index contributed by atoms with van der Waals surface area (Å²) in [6, 6.07) is 4.64. The SMILES string of the molecule is [C-]#[N+]/C=C(\NCC)N(Cc1ccsc1)C1CCN([C@H](C)CCNC(=O)c2c(C)cc(Cl)nc2C)CC1. The van der Waals surface area contributed by atoms with Crippen molar-refractivity contribution in [3.05, 3.63) is 73.9 Å². The molecule has 0 unspecified atom stereocenters. The quantitative estimate of drug-likeness (QED) is 0.309. The Balaban J connectivity index is 1.53. The molecule has 0 aliphatic carbocycles. The molecule has 2 N–H and O–H groups in total. The van der Waals surface area contributed by atoms with Crippen LogP contribution in [0.25, 0.3) is 4.85 Å². The number of piperidine rings is 1. The predicted molar refractivity (Wildman–Crippen MR) is 148 cm³/mol. The number of aryl methyl sites for hydroxylation is 2. The predicted octanol–water partition coefficient (Wildman–Crippen LogP) is 5.22. The van der Waals surface area contributed by atoms with Gasteiger partial charge in [0.05, 0.1) is 23.7 Å². The van der Waals surface area contributed by atoms with Crippen LogP contribution < -0.4 is 10.6 Å². The summed E-state index contributed by atoms with van der Waals surface area (Å²) < 4.78 is 0. The standard InChI is InChI=1S/C27H37ClN6OS/c1-6-30-25(16-29-5)34(17-22-10-14-36-18-22)23-8-12-33(13-9-23)20(3)7-11-31-27(35)26-19(2)15-24(28)32-21(26)4/h10,14-16,18,20,23,30H,6-9,11-13,17H2,1-4H3,(H,31,35)/b25-16+/t20-/m1/s1. The molecule has 9 heteroatoms. The van der Waals surface area contributed by atoms with E-state index in [1.807, 2.05) is 13.8 Å². The molecule has 1 aliphatic rings. The Labute approximate surface area is 224 Å². The molecule has 1 atom stereocenters. The second-order valence-electron chi connectivity index (χ2n) is 9.32. The van der Waals surface area contributed by atoms with Crippen LogP contribution in [-0.2, 0) is 6.54 Å². The third kappa shape index (κ3) is 7.45. The maximum absolute atomic E-state index is 12.7. The van der Waals surface area contributed by atoms with E-state index < -0.39 is 0 Å². The lowest BCUT2D eigenvalue weighted by Crippen LogP contribution is -2.49. The summed E-state index contributed by atoms with van der Waals surface area (Å²) in [5.74, 6) is 0.821. The molecule has 0 saturated carbocycles. The number of likely N-dealkylation sites (tertiary alicyclic amines) is 1. The van der Waals surface area contributed by atoms with Gasteiger partial charge in [-0.15, -0.1) is 0 Å². The van der Waals surface area contributed by atoms with Crippen molar-refractivity contribution in [1.82, 2.24) is 25.4 Å². The highest BCUT2D eigenvalue weighted by Gasteiger charge is 2.28. The van der Waals surface area contributed by atoms with Gasteiger partial charge in [0, 0.05) is 44.8 Å². The minimum atomic E-state index is -0.0910. The summed E-state index contributed by atoms with van der Waals surface area (Å²) in [5, 5.41) is 11.2. The van der Waals surface area contributed by atoms with E-state index in [2.05, 4.69) is 60.9 Å². The van der Waals surface area contributed by atoms with Crippen LogP contribution in [0.2, 0.25) is 5.15 Å². The smallest absolute Gasteiger partial charge is 0.253 e. The van der Waals surface area contributed by atoms with Gasteiger partial charge in [0.2, 0.25) is 0 Å². The number of carbonyl (C=O) groups excluding carboxylic acids is 1. The first-order valence-corrected chi connectivity index (χ1v) is 13.9. The summed E-state index contributed by atoms with van der Waals surface area (Å²) in [7, 11) is 0. The molecule has 1 saturated heterocycles. The fraction of sp³-hybridized carbons (Fsp3) is 0.519. The number of pyridine rings is 1. The third-order valence-electron chi connectivity index (χ3n) is 6.79. The number of hydrogen-bond acceptors (Lipinski definition) is 6. The molecule has 3 heterocycles. The minimum absolute atomic E-state index is 0.0910. The molecule has 0 radical (unpaired) electrons. The Bertz CT molecular complexity index is 1050. The number of hydrogen-bond donors (Lipinski definition) is 2. The Morgan fingerprint density at radius 3 is 2.75 bits per heavy atom. The van der Waals surface area contributed by atoms with Crippen molar-refractivity contribution in [1.29, 1.82) is 0 Å². The second-order valence-corrected chi connectivity index (χ2v) is 10.5. The molecule has 0 bridgehead atoms. The molecule has 7 nitrogen and oxygen atoms in total. The van der Waals surface area contributed by atoms with Crippen LogP contribution in [0, 0.1) is 20.4 Å². The van der Waals surface area contributed by atoms with Gasteiger partial charge in [-0.25, -0.2) is 9.83 Å². The highest BCUT2D eigenvalue weighted by molar-refractivity contribution is 7.07. The largest absolute Gasteiger partial charge is 0.381 e. The van der Waals surface area contributed by atoms with Crippen LogP contribution in [-0.4, -0.2) is 59.0 Å². The van der Waals surface area contributed by atoms with Crippen molar-refractivity contribution in [3.63, 3.8) is 0 Å². The molecule has 2 aromatic heterocycles. The van der Waals surface area contributed by atoms with Gasteiger partial charge >= 0.3 is 0 Å². The van der Waals surface area contributed by atoms with Crippen molar-refractivity contribution in [2.75, 3.05) is 26.2 Å². The summed E-state index contributed by atoms with van der Waals surface area (Å²) in [4.78, 5) is 25.4. The first-order chi connectivity index (χ1) is 17.3. The lowest BCUT2D eigenvalue weighted by molar-refractivity contribution is 0.0903. The van der Waals surface area contributed by atoms with E-state index in [1.165, 1.54) is 5.56 Å². The van der Waals surface area contributed by atoms with Crippen molar-refractivity contribution < 1.29 is 4.79 Å². The minimum Gasteiger partial charge on any atom is -0.381 e. The van der Waals surface area contributed by atoms with Crippen LogP contribution in [0.3, 0.4) is 0 Å². The zero-order valence-corrected chi connectivity index (χ0v) is 23.3. The van der Waals surface area contributed by atoms with E-state index in [1.54, 1.807) is 23.6 Å². The fourth-order valence-corrected chi connectivity index (χ4v) is 5.84. The molecule has 0 aromatic carbocycles.